The fourth-order valence-electron chi connectivity index (χ4n) is 4.53. The summed E-state index contributed by atoms with van der Waals surface area (Å²) in [6, 6.07) is 2.12. The fourth-order valence-corrected chi connectivity index (χ4v) is 4.53. The highest BCUT2D eigenvalue weighted by molar-refractivity contribution is 5.77. The molecule has 0 saturated heterocycles. The van der Waals surface area contributed by atoms with Crippen LogP contribution in [0.1, 0.15) is 57.8 Å². The highest BCUT2D eigenvalue weighted by Gasteiger charge is 2.28. The van der Waals surface area contributed by atoms with Crippen molar-refractivity contribution in [1.29, 1.82) is 0 Å². The van der Waals surface area contributed by atoms with Crippen LogP contribution in [0.15, 0.2) is 17.2 Å². The average molecular weight is 375 g/mol. The molecule has 1 amide bonds. The maximum absolute atomic E-state index is 11.5. The van der Waals surface area contributed by atoms with E-state index in [2.05, 4.69) is 46.8 Å². The van der Waals surface area contributed by atoms with E-state index in [0.717, 1.165) is 31.9 Å². The minimum absolute atomic E-state index is 0.0902. The number of aromatic nitrogens is 2. The van der Waals surface area contributed by atoms with Crippen LogP contribution in [0, 0.1) is 5.41 Å². The van der Waals surface area contributed by atoms with E-state index in [4.69, 9.17) is 4.74 Å². The van der Waals surface area contributed by atoms with E-state index in [1.807, 2.05) is 0 Å². The zero-order valence-corrected chi connectivity index (χ0v) is 17.3. The van der Waals surface area contributed by atoms with Crippen molar-refractivity contribution in [2.24, 2.45) is 5.41 Å². The number of carbonyl (C=O) groups is 1. The first-order valence-electron chi connectivity index (χ1n) is 10.1. The van der Waals surface area contributed by atoms with Crippen molar-refractivity contribution in [3.8, 4) is 0 Å². The predicted molar refractivity (Wildman–Crippen MR) is 106 cm³/mol. The van der Waals surface area contributed by atoms with Crippen molar-refractivity contribution in [3.63, 3.8) is 0 Å². The third-order valence-electron chi connectivity index (χ3n) is 6.03. The number of nitrogens with one attached hydrogen (secondary N) is 1. The van der Waals surface area contributed by atoms with E-state index >= 15 is 0 Å². The number of nitrogens with zero attached hydrogens (tertiary/aromatic N) is 3. The lowest BCUT2D eigenvalue weighted by Crippen LogP contribution is -2.35. The molecule has 0 saturated carbocycles. The van der Waals surface area contributed by atoms with E-state index in [0.29, 0.717) is 12.0 Å². The Balaban J connectivity index is 1.55. The monoisotopic (exact) mass is 374 g/mol. The smallest absolute Gasteiger partial charge is 0.246 e. The summed E-state index contributed by atoms with van der Waals surface area (Å²) >= 11 is 0. The Kier molecular flexibility index (Phi) is 6.37. The van der Waals surface area contributed by atoms with Gasteiger partial charge in [-0.25, -0.2) is 0 Å². The standard InChI is InChI=1S/C21H34N4O2/c1-16-6-5-8-21(2,3)19(16)7-9-24-10-11-25-18(14-24)12-17(23-25)13-22-20(26)15-27-4/h12H,5-11,13-15H2,1-4H3,(H,22,26). The largest absolute Gasteiger partial charge is 0.375 e. The highest BCUT2D eigenvalue weighted by atomic mass is 16.5. The van der Waals surface area contributed by atoms with Gasteiger partial charge in [-0.05, 0) is 44.1 Å². The van der Waals surface area contributed by atoms with Crippen molar-refractivity contribution in [2.45, 2.75) is 66.1 Å². The van der Waals surface area contributed by atoms with Gasteiger partial charge >= 0.3 is 0 Å². The van der Waals surface area contributed by atoms with Gasteiger partial charge in [0.2, 0.25) is 5.91 Å². The van der Waals surface area contributed by atoms with Crippen molar-refractivity contribution in [1.82, 2.24) is 20.0 Å². The van der Waals surface area contributed by atoms with Crippen LogP contribution in [0.5, 0.6) is 0 Å². The Labute approximate surface area is 162 Å². The minimum Gasteiger partial charge on any atom is -0.375 e. The summed E-state index contributed by atoms with van der Waals surface area (Å²) in [5.74, 6) is -0.108. The van der Waals surface area contributed by atoms with E-state index in [-0.39, 0.29) is 12.5 Å². The maximum atomic E-state index is 11.5. The molecule has 0 spiro atoms. The van der Waals surface area contributed by atoms with E-state index in [1.165, 1.54) is 38.5 Å². The van der Waals surface area contributed by atoms with Crippen LogP contribution in [-0.4, -0.2) is 47.4 Å². The van der Waals surface area contributed by atoms with Crippen LogP contribution in [0.2, 0.25) is 0 Å². The first-order valence-corrected chi connectivity index (χ1v) is 10.1. The molecule has 2 heterocycles. The zero-order valence-electron chi connectivity index (χ0n) is 17.3. The van der Waals surface area contributed by atoms with Gasteiger partial charge in [0, 0.05) is 26.7 Å². The molecule has 2 aliphatic rings. The normalized spacial score (nSPS) is 19.9. The van der Waals surface area contributed by atoms with Gasteiger partial charge in [0.15, 0.2) is 0 Å². The summed E-state index contributed by atoms with van der Waals surface area (Å²) < 4.78 is 6.93. The molecule has 150 valence electrons. The van der Waals surface area contributed by atoms with Gasteiger partial charge in [0.25, 0.3) is 0 Å². The van der Waals surface area contributed by atoms with Gasteiger partial charge in [-0.15, -0.1) is 0 Å². The summed E-state index contributed by atoms with van der Waals surface area (Å²) in [7, 11) is 1.52. The van der Waals surface area contributed by atoms with Gasteiger partial charge in [-0.3, -0.25) is 14.4 Å². The van der Waals surface area contributed by atoms with Crippen LogP contribution in [-0.2, 0) is 29.2 Å². The second-order valence-corrected chi connectivity index (χ2v) is 8.58. The molecule has 6 heteroatoms. The van der Waals surface area contributed by atoms with Crippen LogP contribution < -0.4 is 5.32 Å². The molecule has 1 aliphatic heterocycles. The number of hydrogen-bond donors (Lipinski definition) is 1. The molecule has 0 aromatic carbocycles. The molecule has 1 aromatic heterocycles. The molecule has 1 aliphatic carbocycles. The summed E-state index contributed by atoms with van der Waals surface area (Å²) in [6.45, 7) is 11.7. The molecule has 0 fully saturated rings. The van der Waals surface area contributed by atoms with Crippen molar-refractivity contribution >= 4 is 5.91 Å². The lowest BCUT2D eigenvalue weighted by molar-refractivity contribution is -0.124. The van der Waals surface area contributed by atoms with Gasteiger partial charge in [-0.2, -0.15) is 5.10 Å². The molecule has 27 heavy (non-hydrogen) atoms. The summed E-state index contributed by atoms with van der Waals surface area (Å²) in [5.41, 5.74) is 5.80. The van der Waals surface area contributed by atoms with Crippen LogP contribution in [0.25, 0.3) is 0 Å². The van der Waals surface area contributed by atoms with Gasteiger partial charge < -0.3 is 10.1 Å². The molecule has 0 unspecified atom stereocenters. The maximum Gasteiger partial charge on any atom is 0.246 e. The lowest BCUT2D eigenvalue weighted by atomic mass is 9.71. The minimum atomic E-state index is -0.108. The second-order valence-electron chi connectivity index (χ2n) is 8.58. The molecular weight excluding hydrogens is 340 g/mol. The third kappa shape index (κ3) is 4.99. The van der Waals surface area contributed by atoms with Gasteiger partial charge in [-0.1, -0.05) is 25.0 Å². The lowest BCUT2D eigenvalue weighted by Gasteiger charge is -2.36. The number of fused-ring (bicyclic) bond motifs is 1. The third-order valence-corrected chi connectivity index (χ3v) is 6.03. The number of allylic oxidation sites excluding steroid dienone is 1. The Morgan fingerprint density at radius 1 is 1.37 bits per heavy atom. The number of rotatable bonds is 7. The van der Waals surface area contributed by atoms with Gasteiger partial charge in [0.05, 0.1) is 24.5 Å². The molecule has 1 aromatic rings. The number of ether oxygens (including phenoxy) is 1. The van der Waals surface area contributed by atoms with Crippen molar-refractivity contribution in [3.05, 3.63) is 28.6 Å². The van der Waals surface area contributed by atoms with Crippen LogP contribution in [0.4, 0.5) is 0 Å². The quantitative estimate of drug-likeness (QED) is 0.746. The highest BCUT2D eigenvalue weighted by Crippen LogP contribution is 2.41. The predicted octanol–water partition coefficient (Wildman–Crippen LogP) is 2.88. The average Bonchev–Trinajstić information content (AvgIpc) is 3.01. The molecule has 3 rings (SSSR count). The molecule has 0 bridgehead atoms. The number of carbonyl (C=O) groups excluding carboxylic acids is 1. The second kappa shape index (κ2) is 8.57. The fraction of sp³-hybridized carbons (Fsp3) is 0.714. The van der Waals surface area contributed by atoms with E-state index in [9.17, 15) is 4.79 Å². The van der Waals surface area contributed by atoms with Crippen molar-refractivity contribution < 1.29 is 9.53 Å². The first kappa shape index (κ1) is 20.1. The zero-order chi connectivity index (χ0) is 19.4. The van der Waals surface area contributed by atoms with Crippen LogP contribution >= 0.6 is 0 Å². The molecule has 0 radical (unpaired) electrons. The topological polar surface area (TPSA) is 59.4 Å². The summed E-state index contributed by atoms with van der Waals surface area (Å²) in [6.07, 6.45) is 5.08. The van der Waals surface area contributed by atoms with Crippen LogP contribution in [0.3, 0.4) is 0 Å². The number of hydrogen-bond acceptors (Lipinski definition) is 4. The molecule has 6 nitrogen and oxygen atoms in total. The molecular formula is C21H34N4O2. The Morgan fingerprint density at radius 3 is 2.93 bits per heavy atom. The molecule has 0 atom stereocenters. The summed E-state index contributed by atoms with van der Waals surface area (Å²) in [4.78, 5) is 14.1. The Morgan fingerprint density at radius 2 is 2.19 bits per heavy atom. The van der Waals surface area contributed by atoms with E-state index in [1.54, 1.807) is 11.1 Å². The number of methoxy groups -OCH3 is 1. The molecule has 1 N–H and O–H groups in total. The Hall–Kier alpha value is -1.66. The van der Waals surface area contributed by atoms with Gasteiger partial charge in [0.1, 0.15) is 6.61 Å². The van der Waals surface area contributed by atoms with E-state index < -0.39 is 0 Å². The Bertz CT molecular complexity index is 705. The SMILES string of the molecule is COCC(=O)NCc1cc2n(n1)CCN(CCC1=C(C)CCCC1(C)C)C2. The first-order chi connectivity index (χ1) is 12.9. The number of amides is 1. The summed E-state index contributed by atoms with van der Waals surface area (Å²) in [5, 5.41) is 7.47. The van der Waals surface area contributed by atoms with Crippen molar-refractivity contribution in [2.75, 3.05) is 26.8 Å².